The molecule has 104 valence electrons. The predicted molar refractivity (Wildman–Crippen MR) is 74.7 cm³/mol. The van der Waals surface area contributed by atoms with Crippen molar-refractivity contribution in [2.24, 2.45) is 5.92 Å². The molecule has 0 amide bonds. The normalized spacial score (nSPS) is 17.6. The van der Waals surface area contributed by atoms with Crippen LogP contribution < -0.4 is 0 Å². The molecule has 1 unspecified atom stereocenters. The van der Waals surface area contributed by atoms with Crippen molar-refractivity contribution < 1.29 is 9.90 Å². The summed E-state index contributed by atoms with van der Waals surface area (Å²) >= 11 is 0. The lowest BCUT2D eigenvalue weighted by molar-refractivity contribution is -0.148. The minimum Gasteiger partial charge on any atom is -0.481 e. The first-order valence-corrected chi connectivity index (χ1v) is 6.72. The Morgan fingerprint density at radius 3 is 2.70 bits per heavy atom. The van der Waals surface area contributed by atoms with E-state index < -0.39 is 5.97 Å². The fourth-order valence-corrected chi connectivity index (χ4v) is 2.47. The van der Waals surface area contributed by atoms with Crippen LogP contribution in [0.2, 0.25) is 0 Å². The summed E-state index contributed by atoms with van der Waals surface area (Å²) < 4.78 is 1.85. The lowest BCUT2D eigenvalue weighted by atomic mass is 9.96. The number of likely N-dealkylation sites (tertiary alicyclic amines) is 1. The first kappa shape index (κ1) is 12.9. The first-order chi connectivity index (χ1) is 9.65. The minimum absolute atomic E-state index is 0.197. The van der Waals surface area contributed by atoms with Crippen LogP contribution in [0.5, 0.6) is 0 Å². The number of benzene rings is 1. The lowest BCUT2D eigenvalue weighted by Gasteiger charge is -2.40. The van der Waals surface area contributed by atoms with Gasteiger partial charge in [-0.15, -0.1) is 0 Å². The summed E-state index contributed by atoms with van der Waals surface area (Å²) in [7, 11) is 0. The zero-order valence-corrected chi connectivity index (χ0v) is 11.3. The van der Waals surface area contributed by atoms with E-state index in [0.717, 1.165) is 11.3 Å². The Balaban J connectivity index is 1.70. The average Bonchev–Trinajstić information content (AvgIpc) is 2.87. The number of rotatable bonds is 4. The second-order valence-corrected chi connectivity index (χ2v) is 5.22. The highest BCUT2D eigenvalue weighted by Gasteiger charge is 2.35. The molecule has 2 heterocycles. The zero-order chi connectivity index (χ0) is 14.1. The molecule has 1 aliphatic heterocycles. The highest BCUT2D eigenvalue weighted by molar-refractivity contribution is 5.71. The number of carboxylic acid groups (broad SMARTS) is 1. The van der Waals surface area contributed by atoms with Crippen molar-refractivity contribution in [3.8, 4) is 5.69 Å². The SMILES string of the molecule is CC(c1cnn(-c2ccccc2)c1)N1CC(C(=O)O)C1. The number of nitrogens with zero attached hydrogens (tertiary/aromatic N) is 3. The topological polar surface area (TPSA) is 58.4 Å². The van der Waals surface area contributed by atoms with Crippen LogP contribution in [0.3, 0.4) is 0 Å². The second kappa shape index (κ2) is 5.09. The Labute approximate surface area is 117 Å². The number of carbonyl (C=O) groups is 1. The molecular weight excluding hydrogens is 254 g/mol. The molecule has 0 saturated carbocycles. The van der Waals surface area contributed by atoms with Gasteiger partial charge in [0.1, 0.15) is 0 Å². The van der Waals surface area contributed by atoms with Gasteiger partial charge in [-0.1, -0.05) is 18.2 Å². The second-order valence-electron chi connectivity index (χ2n) is 5.22. The molecular formula is C15H17N3O2. The Morgan fingerprint density at radius 1 is 1.35 bits per heavy atom. The lowest BCUT2D eigenvalue weighted by Crippen LogP contribution is -2.51. The van der Waals surface area contributed by atoms with Gasteiger partial charge in [-0.25, -0.2) is 4.68 Å². The molecule has 0 radical (unpaired) electrons. The monoisotopic (exact) mass is 271 g/mol. The molecule has 0 aliphatic carbocycles. The Bertz CT molecular complexity index is 603. The maximum absolute atomic E-state index is 10.8. The first-order valence-electron chi connectivity index (χ1n) is 6.72. The molecule has 1 atom stereocenters. The van der Waals surface area contributed by atoms with E-state index in [0.29, 0.717) is 13.1 Å². The zero-order valence-electron chi connectivity index (χ0n) is 11.3. The molecule has 2 aromatic rings. The van der Waals surface area contributed by atoms with Gasteiger partial charge in [0.25, 0.3) is 0 Å². The van der Waals surface area contributed by atoms with E-state index in [2.05, 4.69) is 16.9 Å². The molecule has 20 heavy (non-hydrogen) atoms. The average molecular weight is 271 g/mol. The van der Waals surface area contributed by atoms with Crippen molar-refractivity contribution >= 4 is 5.97 Å². The van der Waals surface area contributed by atoms with Crippen LogP contribution in [0.25, 0.3) is 5.69 Å². The van der Waals surface area contributed by atoms with Crippen LogP contribution in [0.1, 0.15) is 18.5 Å². The molecule has 1 aromatic carbocycles. The summed E-state index contributed by atoms with van der Waals surface area (Å²) in [5.74, 6) is -0.921. The summed E-state index contributed by atoms with van der Waals surface area (Å²) in [6, 6.07) is 10.1. The highest BCUT2D eigenvalue weighted by Crippen LogP contribution is 2.28. The van der Waals surface area contributed by atoms with Crippen molar-refractivity contribution in [1.29, 1.82) is 0 Å². The number of para-hydroxylation sites is 1. The van der Waals surface area contributed by atoms with E-state index in [1.165, 1.54) is 0 Å². The van der Waals surface area contributed by atoms with Gasteiger partial charge in [0.15, 0.2) is 0 Å². The molecule has 5 nitrogen and oxygen atoms in total. The standard InChI is InChI=1S/C15H17N3O2/c1-11(17-8-13(9-17)15(19)20)12-7-16-18(10-12)14-5-3-2-4-6-14/h2-7,10-11,13H,8-9H2,1H3,(H,19,20). The maximum Gasteiger partial charge on any atom is 0.309 e. The summed E-state index contributed by atoms with van der Waals surface area (Å²) in [4.78, 5) is 13.0. The largest absolute Gasteiger partial charge is 0.481 e. The van der Waals surface area contributed by atoms with E-state index in [4.69, 9.17) is 5.11 Å². The Morgan fingerprint density at radius 2 is 2.05 bits per heavy atom. The molecule has 1 N–H and O–H groups in total. The van der Waals surface area contributed by atoms with Crippen molar-refractivity contribution in [2.45, 2.75) is 13.0 Å². The molecule has 0 bridgehead atoms. The minimum atomic E-state index is -0.701. The smallest absolute Gasteiger partial charge is 0.309 e. The number of carboxylic acids is 1. The van der Waals surface area contributed by atoms with E-state index in [1.807, 2.05) is 47.4 Å². The quantitative estimate of drug-likeness (QED) is 0.923. The van der Waals surface area contributed by atoms with Gasteiger partial charge in [-0.05, 0) is 19.1 Å². The summed E-state index contributed by atoms with van der Waals surface area (Å²) in [6.45, 7) is 3.32. The third-order valence-electron chi connectivity index (χ3n) is 3.91. The van der Waals surface area contributed by atoms with Gasteiger partial charge < -0.3 is 5.11 Å². The van der Waals surface area contributed by atoms with E-state index in [9.17, 15) is 4.79 Å². The van der Waals surface area contributed by atoms with Crippen LogP contribution >= 0.6 is 0 Å². The van der Waals surface area contributed by atoms with Crippen LogP contribution in [0, 0.1) is 5.92 Å². The van der Waals surface area contributed by atoms with Crippen LogP contribution in [-0.2, 0) is 4.79 Å². The van der Waals surface area contributed by atoms with Crippen molar-refractivity contribution in [3.63, 3.8) is 0 Å². The molecule has 5 heteroatoms. The van der Waals surface area contributed by atoms with Crippen LogP contribution in [0.4, 0.5) is 0 Å². The van der Waals surface area contributed by atoms with E-state index in [-0.39, 0.29) is 12.0 Å². The Hall–Kier alpha value is -2.14. The predicted octanol–water partition coefficient (Wildman–Crippen LogP) is 1.95. The van der Waals surface area contributed by atoms with Gasteiger partial charge in [-0.3, -0.25) is 9.69 Å². The van der Waals surface area contributed by atoms with Gasteiger partial charge in [0.05, 0.1) is 17.8 Å². The van der Waals surface area contributed by atoms with E-state index >= 15 is 0 Å². The molecule has 0 spiro atoms. The van der Waals surface area contributed by atoms with Gasteiger partial charge in [0.2, 0.25) is 0 Å². The van der Waals surface area contributed by atoms with Crippen molar-refractivity contribution in [2.75, 3.05) is 13.1 Å². The highest BCUT2D eigenvalue weighted by atomic mass is 16.4. The van der Waals surface area contributed by atoms with E-state index in [1.54, 1.807) is 0 Å². The third kappa shape index (κ3) is 2.32. The van der Waals surface area contributed by atoms with Crippen molar-refractivity contribution in [1.82, 2.24) is 14.7 Å². The number of aliphatic carboxylic acids is 1. The summed E-state index contributed by atoms with van der Waals surface area (Å²) in [5.41, 5.74) is 2.13. The Kier molecular flexibility index (Phi) is 3.28. The number of hydrogen-bond donors (Lipinski definition) is 1. The maximum atomic E-state index is 10.8. The molecule has 1 aliphatic rings. The molecule has 1 aromatic heterocycles. The number of aromatic nitrogens is 2. The number of hydrogen-bond acceptors (Lipinski definition) is 3. The molecule has 3 rings (SSSR count). The fourth-order valence-electron chi connectivity index (χ4n) is 2.47. The molecule has 1 saturated heterocycles. The third-order valence-corrected chi connectivity index (χ3v) is 3.91. The fraction of sp³-hybridized carbons (Fsp3) is 0.333. The van der Waals surface area contributed by atoms with Crippen LogP contribution in [-0.4, -0.2) is 38.8 Å². The van der Waals surface area contributed by atoms with Gasteiger partial charge >= 0.3 is 5.97 Å². The summed E-state index contributed by atoms with van der Waals surface area (Å²) in [6.07, 6.45) is 3.86. The van der Waals surface area contributed by atoms with Gasteiger partial charge in [0, 0.05) is 30.9 Å². The van der Waals surface area contributed by atoms with Crippen LogP contribution in [0.15, 0.2) is 42.7 Å². The van der Waals surface area contributed by atoms with Gasteiger partial charge in [-0.2, -0.15) is 5.10 Å². The summed E-state index contributed by atoms with van der Waals surface area (Å²) in [5, 5.41) is 13.3. The van der Waals surface area contributed by atoms with Crippen molar-refractivity contribution in [3.05, 3.63) is 48.3 Å². The molecule has 1 fully saturated rings.